The molecule has 10 heteroatoms. The number of ether oxygens (including phenoxy) is 1. The van der Waals surface area contributed by atoms with Crippen LogP contribution in [0.3, 0.4) is 0 Å². The van der Waals surface area contributed by atoms with Gasteiger partial charge >= 0.3 is 4.87 Å². The van der Waals surface area contributed by atoms with Gasteiger partial charge in [0.05, 0.1) is 6.10 Å². The summed E-state index contributed by atoms with van der Waals surface area (Å²) in [5, 5.41) is 10.2. The van der Waals surface area contributed by atoms with Crippen LogP contribution in [0.15, 0.2) is 9.59 Å². The van der Waals surface area contributed by atoms with Crippen molar-refractivity contribution in [1.29, 1.82) is 0 Å². The lowest BCUT2D eigenvalue weighted by Gasteiger charge is -2.18. The van der Waals surface area contributed by atoms with Gasteiger partial charge in [-0.2, -0.15) is 4.98 Å². The first-order valence-electron chi connectivity index (χ1n) is 6.90. The quantitative estimate of drug-likeness (QED) is 0.722. The lowest BCUT2D eigenvalue weighted by atomic mass is 10.2. The summed E-state index contributed by atoms with van der Waals surface area (Å²) in [5.41, 5.74) is 5.03. The van der Waals surface area contributed by atoms with Crippen LogP contribution in [-0.4, -0.2) is 36.9 Å². The molecule has 1 unspecified atom stereocenters. The minimum Gasteiger partial charge on any atom is -0.389 e. The summed E-state index contributed by atoms with van der Waals surface area (Å²) in [6.45, 7) is 0. The number of thiazole rings is 1. The number of aliphatic hydroxyl groups excluding tert-OH is 1. The number of hydrogen-bond acceptors (Lipinski definition) is 8. The molecule has 2 aliphatic rings. The Morgan fingerprint density at radius 2 is 2.23 bits per heavy atom. The fourth-order valence-electron chi connectivity index (χ4n) is 2.58. The van der Waals surface area contributed by atoms with E-state index in [1.54, 1.807) is 0 Å². The Balaban J connectivity index is 1.71. The number of thioether (sulfide) groups is 1. The van der Waals surface area contributed by atoms with Crippen molar-refractivity contribution in [3.05, 3.63) is 20.0 Å². The summed E-state index contributed by atoms with van der Waals surface area (Å²) < 4.78 is 7.42. The maximum Gasteiger partial charge on any atom is 0.311 e. The summed E-state index contributed by atoms with van der Waals surface area (Å²) in [5.74, 6) is 0.780. The zero-order chi connectivity index (χ0) is 15.4. The largest absolute Gasteiger partial charge is 0.389 e. The van der Waals surface area contributed by atoms with Crippen molar-refractivity contribution >= 4 is 39.4 Å². The van der Waals surface area contributed by atoms with Crippen LogP contribution < -0.4 is 16.2 Å². The van der Waals surface area contributed by atoms with Gasteiger partial charge in [-0.3, -0.25) is 19.1 Å². The molecule has 1 saturated carbocycles. The fourth-order valence-corrected chi connectivity index (χ4v) is 4.65. The van der Waals surface area contributed by atoms with E-state index in [4.69, 9.17) is 10.5 Å². The Morgan fingerprint density at radius 3 is 2.95 bits per heavy atom. The molecule has 3 atom stereocenters. The van der Waals surface area contributed by atoms with Gasteiger partial charge < -0.3 is 15.6 Å². The molecule has 0 bridgehead atoms. The number of aromatic nitrogens is 3. The van der Waals surface area contributed by atoms with Crippen LogP contribution in [0.5, 0.6) is 0 Å². The van der Waals surface area contributed by atoms with Gasteiger partial charge in [0.15, 0.2) is 5.65 Å². The van der Waals surface area contributed by atoms with Crippen molar-refractivity contribution in [2.75, 3.05) is 11.5 Å². The molecule has 22 heavy (non-hydrogen) atoms. The first kappa shape index (κ1) is 14.2. The van der Waals surface area contributed by atoms with Crippen molar-refractivity contribution in [1.82, 2.24) is 14.5 Å². The predicted octanol–water partition coefficient (Wildman–Crippen LogP) is 0.0875. The van der Waals surface area contributed by atoms with Crippen LogP contribution in [0, 0.1) is 5.92 Å². The van der Waals surface area contributed by atoms with Gasteiger partial charge in [-0.1, -0.05) is 11.3 Å². The summed E-state index contributed by atoms with van der Waals surface area (Å²) in [6.07, 6.45) is 0.970. The third-order valence-electron chi connectivity index (χ3n) is 3.86. The van der Waals surface area contributed by atoms with E-state index in [0.29, 0.717) is 11.7 Å². The highest BCUT2D eigenvalue weighted by atomic mass is 32.2. The second-order valence-corrected chi connectivity index (χ2v) is 7.56. The smallest absolute Gasteiger partial charge is 0.311 e. The topological polar surface area (TPSA) is 123 Å². The summed E-state index contributed by atoms with van der Waals surface area (Å²) >= 11 is 2.30. The average molecular weight is 342 g/mol. The molecule has 2 aromatic rings. The van der Waals surface area contributed by atoms with Crippen LogP contribution in [0.1, 0.15) is 19.1 Å². The molecule has 0 amide bonds. The molecular formula is C12H14N4O4S2. The zero-order valence-corrected chi connectivity index (χ0v) is 13.0. The molecular weight excluding hydrogens is 328 g/mol. The van der Waals surface area contributed by atoms with Crippen molar-refractivity contribution in [2.24, 2.45) is 5.92 Å². The highest BCUT2D eigenvalue weighted by Gasteiger charge is 2.41. The Hall–Kier alpha value is -1.36. The molecule has 2 aromatic heterocycles. The van der Waals surface area contributed by atoms with E-state index >= 15 is 0 Å². The average Bonchev–Trinajstić information content (AvgIpc) is 3.11. The monoisotopic (exact) mass is 342 g/mol. The molecule has 0 spiro atoms. The molecule has 3 heterocycles. The number of nitrogens with two attached hydrogens (primary N) is 1. The van der Waals surface area contributed by atoms with Gasteiger partial charge in [-0.25, -0.2) is 0 Å². The molecule has 2 fully saturated rings. The van der Waals surface area contributed by atoms with Crippen molar-refractivity contribution in [3.63, 3.8) is 0 Å². The summed E-state index contributed by atoms with van der Waals surface area (Å²) in [6, 6.07) is 0. The first-order valence-corrected chi connectivity index (χ1v) is 8.77. The first-order chi connectivity index (χ1) is 10.5. The van der Waals surface area contributed by atoms with E-state index in [1.165, 1.54) is 16.3 Å². The van der Waals surface area contributed by atoms with Crippen LogP contribution in [0.4, 0.5) is 5.95 Å². The Labute approximate surface area is 132 Å². The van der Waals surface area contributed by atoms with E-state index in [2.05, 4.69) is 9.97 Å². The maximum atomic E-state index is 12.2. The van der Waals surface area contributed by atoms with Crippen LogP contribution in [-0.2, 0) is 4.74 Å². The molecule has 1 aliphatic carbocycles. The highest BCUT2D eigenvalue weighted by Crippen LogP contribution is 2.42. The number of aromatic amines is 1. The molecule has 4 rings (SSSR count). The predicted molar refractivity (Wildman–Crippen MR) is 84.0 cm³/mol. The van der Waals surface area contributed by atoms with Gasteiger partial charge in [0.1, 0.15) is 16.4 Å². The van der Waals surface area contributed by atoms with E-state index < -0.39 is 17.9 Å². The number of fused-ring (bicyclic) bond motifs is 1. The molecule has 8 nitrogen and oxygen atoms in total. The number of hydrogen-bond donors (Lipinski definition) is 3. The van der Waals surface area contributed by atoms with E-state index in [0.717, 1.165) is 24.2 Å². The third-order valence-corrected chi connectivity index (χ3v) is 6.00. The van der Waals surface area contributed by atoms with Gasteiger partial charge in [-0.05, 0) is 18.8 Å². The van der Waals surface area contributed by atoms with Crippen molar-refractivity contribution in [3.8, 4) is 0 Å². The lowest BCUT2D eigenvalue weighted by molar-refractivity contribution is -0.0440. The maximum absolute atomic E-state index is 12.2. The Bertz CT molecular complexity index is 840. The highest BCUT2D eigenvalue weighted by molar-refractivity contribution is 8.00. The third kappa shape index (κ3) is 2.26. The number of H-pyrrole nitrogens is 1. The van der Waals surface area contributed by atoms with Gasteiger partial charge in [0.25, 0.3) is 5.56 Å². The van der Waals surface area contributed by atoms with Gasteiger partial charge in [0, 0.05) is 5.75 Å². The Kier molecular flexibility index (Phi) is 3.29. The normalized spacial score (nSPS) is 26.6. The zero-order valence-electron chi connectivity index (χ0n) is 11.4. The number of nitrogens with zero attached hydrogens (tertiary/aromatic N) is 2. The minimum atomic E-state index is -0.543. The fraction of sp³-hybridized carbons (Fsp3) is 0.583. The molecule has 1 saturated heterocycles. The number of aliphatic hydroxyl groups is 1. The Morgan fingerprint density at radius 1 is 1.45 bits per heavy atom. The van der Waals surface area contributed by atoms with Crippen LogP contribution in [0.25, 0.3) is 10.3 Å². The number of anilines is 1. The second kappa shape index (κ2) is 5.08. The summed E-state index contributed by atoms with van der Waals surface area (Å²) in [4.78, 5) is 30.2. The molecule has 1 aliphatic heterocycles. The van der Waals surface area contributed by atoms with E-state index in [-0.39, 0.29) is 26.6 Å². The van der Waals surface area contributed by atoms with Crippen LogP contribution >= 0.6 is 23.1 Å². The number of nitrogens with one attached hydrogen (secondary N) is 1. The number of rotatable bonds is 3. The molecule has 4 N–H and O–H groups in total. The summed E-state index contributed by atoms with van der Waals surface area (Å²) in [7, 11) is 0. The molecule has 118 valence electrons. The molecule has 0 aromatic carbocycles. The van der Waals surface area contributed by atoms with Gasteiger partial charge in [0.2, 0.25) is 5.95 Å². The van der Waals surface area contributed by atoms with Crippen molar-refractivity contribution in [2.45, 2.75) is 30.6 Å². The molecule has 0 radical (unpaired) electrons. The van der Waals surface area contributed by atoms with E-state index in [1.807, 2.05) is 0 Å². The minimum absolute atomic E-state index is 0.0377. The standard InChI is InChI=1S/C12H14N4O4S2/c13-11-14-8-7(9(18)15-11)22-12(19)16(8)5-3-21-10(20-5)6(17)4-1-2-4/h4-6,10,17H,1-3H2,(H3,13,14,15,18)/t5-,6?,10+/m1/s1. The SMILES string of the molecule is Nc1nc2c(sc(=O)n2[C@H]2CS[C@@H](C(O)C3CC3)O2)c(=O)[nH]1. The van der Waals surface area contributed by atoms with Gasteiger partial charge in [-0.15, -0.1) is 11.8 Å². The van der Waals surface area contributed by atoms with E-state index in [9.17, 15) is 14.7 Å². The van der Waals surface area contributed by atoms with Crippen LogP contribution in [0.2, 0.25) is 0 Å². The lowest BCUT2D eigenvalue weighted by Crippen LogP contribution is -2.28. The second-order valence-electron chi connectivity index (χ2n) is 5.46. The number of nitrogen functional groups attached to an aromatic ring is 1. The van der Waals surface area contributed by atoms with Crippen molar-refractivity contribution < 1.29 is 9.84 Å².